The predicted molar refractivity (Wildman–Crippen MR) is 67.2 cm³/mol. The van der Waals surface area contributed by atoms with E-state index in [2.05, 4.69) is 12.7 Å². The van der Waals surface area contributed by atoms with Crippen molar-refractivity contribution in [2.24, 2.45) is 17.8 Å². The lowest BCUT2D eigenvalue weighted by molar-refractivity contribution is 0.181. The molecule has 1 heteroatoms. The molecule has 0 radical (unpaired) electrons. The fourth-order valence-electron chi connectivity index (χ4n) is 3.40. The van der Waals surface area contributed by atoms with Gasteiger partial charge in [0.25, 0.3) is 0 Å². The smallest absolute Gasteiger partial charge is 0.0336 e. The number of halogens is 1. The van der Waals surface area contributed by atoms with Gasteiger partial charge in [-0.3, -0.25) is 0 Å². The average Bonchev–Trinajstić information content (AvgIpc) is 2.30. The Hall–Kier alpha value is 0.0300. The van der Waals surface area contributed by atoms with Crippen LogP contribution in [0.15, 0.2) is 12.7 Å². The molecule has 2 aliphatic carbocycles. The van der Waals surface area contributed by atoms with Crippen molar-refractivity contribution < 1.29 is 0 Å². The Morgan fingerprint density at radius 1 is 0.800 bits per heavy atom. The van der Waals surface area contributed by atoms with E-state index in [0.29, 0.717) is 5.38 Å². The molecule has 2 fully saturated rings. The number of hydrogen-bond acceptors (Lipinski definition) is 0. The van der Waals surface area contributed by atoms with Crippen LogP contribution in [0, 0.1) is 17.8 Å². The lowest BCUT2D eigenvalue weighted by atomic mass is 9.71. The molecule has 0 nitrogen and oxygen atoms in total. The summed E-state index contributed by atoms with van der Waals surface area (Å²) in [5.41, 5.74) is 0. The van der Waals surface area contributed by atoms with E-state index in [0.717, 1.165) is 17.8 Å². The molecule has 0 unspecified atom stereocenters. The fourth-order valence-corrected chi connectivity index (χ4v) is 3.65. The Bertz CT molecular complexity index is 195. The van der Waals surface area contributed by atoms with E-state index in [9.17, 15) is 0 Å². The second kappa shape index (κ2) is 5.39. The van der Waals surface area contributed by atoms with E-state index in [1.807, 2.05) is 0 Å². The molecule has 0 aromatic heterocycles. The van der Waals surface area contributed by atoms with Gasteiger partial charge in [-0.1, -0.05) is 6.08 Å². The Kier molecular flexibility index (Phi) is 4.13. The topological polar surface area (TPSA) is 0 Å². The molecule has 2 rings (SSSR count). The molecule has 0 amide bonds. The highest BCUT2D eigenvalue weighted by atomic mass is 35.5. The highest BCUT2D eigenvalue weighted by Crippen LogP contribution is 2.40. The van der Waals surface area contributed by atoms with Gasteiger partial charge < -0.3 is 0 Å². The van der Waals surface area contributed by atoms with Crippen molar-refractivity contribution in [1.82, 2.24) is 0 Å². The molecule has 2 aliphatic rings. The van der Waals surface area contributed by atoms with Crippen LogP contribution >= 0.6 is 11.6 Å². The molecule has 0 saturated heterocycles. The summed E-state index contributed by atoms with van der Waals surface area (Å²) >= 11 is 6.15. The maximum Gasteiger partial charge on any atom is 0.0336 e. The first-order chi connectivity index (χ1) is 7.29. The van der Waals surface area contributed by atoms with Gasteiger partial charge in [0.2, 0.25) is 0 Å². The number of allylic oxidation sites excluding steroid dienone is 1. The maximum absolute atomic E-state index is 6.15. The third kappa shape index (κ3) is 3.00. The minimum absolute atomic E-state index is 0.478. The number of rotatable bonds is 2. The van der Waals surface area contributed by atoms with E-state index < -0.39 is 0 Å². The summed E-state index contributed by atoms with van der Waals surface area (Å²) in [5, 5.41) is 0.478. The molecule has 15 heavy (non-hydrogen) atoms. The normalized spacial score (nSPS) is 42.5. The largest absolute Gasteiger partial charge is 0.123 e. The van der Waals surface area contributed by atoms with E-state index in [4.69, 9.17) is 11.6 Å². The van der Waals surface area contributed by atoms with Crippen molar-refractivity contribution >= 4 is 11.6 Å². The molecule has 0 aromatic rings. The van der Waals surface area contributed by atoms with E-state index in [1.54, 1.807) is 0 Å². The van der Waals surface area contributed by atoms with Crippen molar-refractivity contribution in [1.29, 1.82) is 0 Å². The van der Waals surface area contributed by atoms with Gasteiger partial charge >= 0.3 is 0 Å². The van der Waals surface area contributed by atoms with Gasteiger partial charge in [0.15, 0.2) is 0 Å². The second-order valence-corrected chi connectivity index (χ2v) is 6.04. The predicted octanol–water partition coefficient (Wildman–Crippen LogP) is 4.78. The number of alkyl halides is 1. The van der Waals surface area contributed by atoms with Crippen LogP contribution in [0.3, 0.4) is 0 Å². The highest BCUT2D eigenvalue weighted by molar-refractivity contribution is 6.20. The van der Waals surface area contributed by atoms with Crippen LogP contribution in [0.5, 0.6) is 0 Å². The standard InChI is InChI=1S/C14H23Cl/c1-2-11-3-5-12(6-4-11)13-7-9-14(15)10-8-13/h2,11-14H,1,3-10H2. The van der Waals surface area contributed by atoms with Gasteiger partial charge in [-0.15, -0.1) is 18.2 Å². The van der Waals surface area contributed by atoms with Crippen LogP contribution in [-0.2, 0) is 0 Å². The first-order valence-electron chi connectivity index (χ1n) is 6.56. The molecule has 86 valence electrons. The molecule has 0 bridgehead atoms. The SMILES string of the molecule is C=CC1CCC(C2CCC(Cl)CC2)CC1. The molecule has 0 spiro atoms. The van der Waals surface area contributed by atoms with Gasteiger partial charge in [0, 0.05) is 5.38 Å². The van der Waals surface area contributed by atoms with Crippen LogP contribution in [0.25, 0.3) is 0 Å². The third-order valence-electron chi connectivity index (χ3n) is 4.52. The first kappa shape index (κ1) is 11.5. The first-order valence-corrected chi connectivity index (χ1v) is 7.00. The average molecular weight is 227 g/mol. The zero-order valence-corrected chi connectivity index (χ0v) is 10.4. The quantitative estimate of drug-likeness (QED) is 0.470. The lowest BCUT2D eigenvalue weighted by Crippen LogP contribution is -2.25. The van der Waals surface area contributed by atoms with Crippen molar-refractivity contribution in [3.63, 3.8) is 0 Å². The lowest BCUT2D eigenvalue weighted by Gasteiger charge is -2.36. The van der Waals surface area contributed by atoms with E-state index in [1.165, 1.54) is 51.4 Å². The van der Waals surface area contributed by atoms with E-state index >= 15 is 0 Å². The molecule has 2 saturated carbocycles. The van der Waals surface area contributed by atoms with Crippen molar-refractivity contribution in [3.8, 4) is 0 Å². The van der Waals surface area contributed by atoms with Crippen molar-refractivity contribution in [3.05, 3.63) is 12.7 Å². The second-order valence-electron chi connectivity index (χ2n) is 5.42. The summed E-state index contributed by atoms with van der Waals surface area (Å²) in [6.07, 6.45) is 13.1. The summed E-state index contributed by atoms with van der Waals surface area (Å²) in [6, 6.07) is 0. The van der Waals surface area contributed by atoms with Crippen LogP contribution in [0.2, 0.25) is 0 Å². The van der Waals surface area contributed by atoms with Gasteiger partial charge in [0.05, 0.1) is 0 Å². The monoisotopic (exact) mass is 226 g/mol. The number of hydrogen-bond donors (Lipinski definition) is 0. The zero-order valence-electron chi connectivity index (χ0n) is 9.63. The van der Waals surface area contributed by atoms with E-state index in [-0.39, 0.29) is 0 Å². The molecule has 0 N–H and O–H groups in total. The molecule has 0 aliphatic heterocycles. The van der Waals surface area contributed by atoms with Crippen LogP contribution in [0.4, 0.5) is 0 Å². The minimum Gasteiger partial charge on any atom is -0.123 e. The van der Waals surface area contributed by atoms with Crippen LogP contribution in [0.1, 0.15) is 51.4 Å². The Labute approximate surface area is 99.1 Å². The Morgan fingerprint density at radius 2 is 1.27 bits per heavy atom. The maximum atomic E-state index is 6.15. The summed E-state index contributed by atoms with van der Waals surface area (Å²) < 4.78 is 0. The highest BCUT2D eigenvalue weighted by Gasteiger charge is 2.29. The van der Waals surface area contributed by atoms with Gasteiger partial charge in [-0.05, 0) is 69.1 Å². The van der Waals surface area contributed by atoms with Crippen LogP contribution in [-0.4, -0.2) is 5.38 Å². The minimum atomic E-state index is 0.478. The molecule has 0 aromatic carbocycles. The summed E-state index contributed by atoms with van der Waals surface area (Å²) in [6.45, 7) is 3.91. The van der Waals surface area contributed by atoms with Crippen molar-refractivity contribution in [2.75, 3.05) is 0 Å². The summed E-state index contributed by atoms with van der Waals surface area (Å²) in [7, 11) is 0. The molecular weight excluding hydrogens is 204 g/mol. The third-order valence-corrected chi connectivity index (χ3v) is 4.95. The van der Waals surface area contributed by atoms with Gasteiger partial charge in [0.1, 0.15) is 0 Å². The van der Waals surface area contributed by atoms with Crippen molar-refractivity contribution in [2.45, 2.75) is 56.7 Å². The Morgan fingerprint density at radius 3 is 1.73 bits per heavy atom. The molecular formula is C14H23Cl. The fraction of sp³-hybridized carbons (Fsp3) is 0.857. The summed E-state index contributed by atoms with van der Waals surface area (Å²) in [5.74, 6) is 2.81. The summed E-state index contributed by atoms with van der Waals surface area (Å²) in [4.78, 5) is 0. The van der Waals surface area contributed by atoms with Gasteiger partial charge in [-0.25, -0.2) is 0 Å². The zero-order chi connectivity index (χ0) is 10.7. The van der Waals surface area contributed by atoms with Gasteiger partial charge in [-0.2, -0.15) is 0 Å². The molecule has 0 atom stereocenters. The molecule has 0 heterocycles. The van der Waals surface area contributed by atoms with Crippen LogP contribution < -0.4 is 0 Å². The Balaban J connectivity index is 1.78.